The highest BCUT2D eigenvalue weighted by molar-refractivity contribution is 5.24. The first-order chi connectivity index (χ1) is 11.5. The van der Waals surface area contributed by atoms with E-state index in [1.807, 2.05) is 17.9 Å². The zero-order chi connectivity index (χ0) is 16.8. The molecule has 5 nitrogen and oxygen atoms in total. The summed E-state index contributed by atoms with van der Waals surface area (Å²) in [6.45, 7) is 2.09. The van der Waals surface area contributed by atoms with Crippen LogP contribution in [0, 0.1) is 11.6 Å². The molecule has 2 aromatic rings. The molecule has 128 valence electrons. The van der Waals surface area contributed by atoms with E-state index in [1.165, 1.54) is 17.3 Å². The SMILES string of the molecule is Cn1ncc2c1CN([C@H]1CO[C@H](c3cc(F)ccc3F)[C@@H](N)C1)C2. The number of nitrogens with zero attached hydrogens (tertiary/aromatic N) is 3. The van der Waals surface area contributed by atoms with Gasteiger partial charge in [-0.1, -0.05) is 0 Å². The van der Waals surface area contributed by atoms with Gasteiger partial charge in [0, 0.05) is 43.3 Å². The van der Waals surface area contributed by atoms with Crippen molar-refractivity contribution in [2.45, 2.75) is 37.7 Å². The normalized spacial score (nSPS) is 27.4. The number of aromatic nitrogens is 2. The van der Waals surface area contributed by atoms with Gasteiger partial charge >= 0.3 is 0 Å². The molecule has 0 spiro atoms. The Hall–Kier alpha value is -1.83. The van der Waals surface area contributed by atoms with Crippen LogP contribution in [0.3, 0.4) is 0 Å². The molecular formula is C17H20F2N4O. The summed E-state index contributed by atoms with van der Waals surface area (Å²) in [5.74, 6) is -0.957. The first-order valence-electron chi connectivity index (χ1n) is 8.09. The van der Waals surface area contributed by atoms with E-state index in [0.29, 0.717) is 13.0 Å². The Morgan fingerprint density at radius 2 is 2.12 bits per heavy atom. The number of hydrogen-bond acceptors (Lipinski definition) is 4. The van der Waals surface area contributed by atoms with Crippen LogP contribution in [0.2, 0.25) is 0 Å². The summed E-state index contributed by atoms with van der Waals surface area (Å²) in [7, 11) is 1.94. The molecular weight excluding hydrogens is 314 g/mol. The predicted molar refractivity (Wildman–Crippen MR) is 83.9 cm³/mol. The number of benzene rings is 1. The third-order valence-corrected chi connectivity index (χ3v) is 5.06. The summed E-state index contributed by atoms with van der Waals surface area (Å²) in [6, 6.07) is 3.20. The summed E-state index contributed by atoms with van der Waals surface area (Å²) < 4.78 is 35.2. The largest absolute Gasteiger partial charge is 0.370 e. The van der Waals surface area contributed by atoms with Gasteiger partial charge < -0.3 is 10.5 Å². The van der Waals surface area contributed by atoms with Crippen LogP contribution in [0.25, 0.3) is 0 Å². The molecule has 2 aliphatic rings. The Labute approximate surface area is 139 Å². The summed E-state index contributed by atoms with van der Waals surface area (Å²) in [4.78, 5) is 2.31. The van der Waals surface area contributed by atoms with Crippen LogP contribution in [-0.2, 0) is 24.9 Å². The van der Waals surface area contributed by atoms with Gasteiger partial charge in [-0.15, -0.1) is 0 Å². The molecule has 24 heavy (non-hydrogen) atoms. The molecule has 1 saturated heterocycles. The summed E-state index contributed by atoms with van der Waals surface area (Å²) in [5.41, 5.74) is 8.88. The average molecular weight is 334 g/mol. The van der Waals surface area contributed by atoms with Crippen molar-refractivity contribution in [3.8, 4) is 0 Å². The molecule has 3 heterocycles. The zero-order valence-corrected chi connectivity index (χ0v) is 13.5. The lowest BCUT2D eigenvalue weighted by Gasteiger charge is -2.38. The highest BCUT2D eigenvalue weighted by Crippen LogP contribution is 2.34. The number of ether oxygens (including phenoxy) is 1. The van der Waals surface area contributed by atoms with Gasteiger partial charge in [0.2, 0.25) is 0 Å². The van der Waals surface area contributed by atoms with Crippen molar-refractivity contribution >= 4 is 0 Å². The van der Waals surface area contributed by atoms with Crippen molar-refractivity contribution in [1.82, 2.24) is 14.7 Å². The highest BCUT2D eigenvalue weighted by Gasteiger charge is 2.37. The molecule has 0 bridgehead atoms. The molecule has 1 aromatic heterocycles. The van der Waals surface area contributed by atoms with E-state index in [2.05, 4.69) is 10.00 Å². The number of fused-ring (bicyclic) bond motifs is 1. The number of halogens is 2. The minimum atomic E-state index is -0.608. The monoisotopic (exact) mass is 334 g/mol. The maximum atomic E-state index is 14.0. The molecule has 0 aliphatic carbocycles. The topological polar surface area (TPSA) is 56.3 Å². The summed E-state index contributed by atoms with van der Waals surface area (Å²) in [6.07, 6.45) is 1.97. The molecule has 0 unspecified atom stereocenters. The van der Waals surface area contributed by atoms with Crippen molar-refractivity contribution in [2.24, 2.45) is 12.8 Å². The predicted octanol–water partition coefficient (Wildman–Crippen LogP) is 1.87. The Morgan fingerprint density at radius 1 is 1.29 bits per heavy atom. The number of aryl methyl sites for hydroxylation is 1. The van der Waals surface area contributed by atoms with E-state index in [9.17, 15) is 8.78 Å². The molecule has 1 fully saturated rings. The van der Waals surface area contributed by atoms with E-state index in [-0.39, 0.29) is 17.6 Å². The van der Waals surface area contributed by atoms with E-state index in [4.69, 9.17) is 10.5 Å². The second kappa shape index (κ2) is 5.91. The quantitative estimate of drug-likeness (QED) is 0.911. The number of hydrogen-bond donors (Lipinski definition) is 1. The fourth-order valence-electron chi connectivity index (χ4n) is 3.72. The Balaban J connectivity index is 1.46. The fourth-order valence-corrected chi connectivity index (χ4v) is 3.72. The zero-order valence-electron chi connectivity index (χ0n) is 13.5. The first kappa shape index (κ1) is 15.7. The fraction of sp³-hybridized carbons (Fsp3) is 0.471. The maximum Gasteiger partial charge on any atom is 0.129 e. The van der Waals surface area contributed by atoms with E-state index >= 15 is 0 Å². The van der Waals surface area contributed by atoms with Gasteiger partial charge in [-0.25, -0.2) is 8.78 Å². The maximum absolute atomic E-state index is 14.0. The molecule has 0 radical (unpaired) electrons. The Kier molecular flexibility index (Phi) is 3.86. The number of rotatable bonds is 2. The van der Waals surface area contributed by atoms with E-state index in [1.54, 1.807) is 0 Å². The van der Waals surface area contributed by atoms with Crippen LogP contribution >= 0.6 is 0 Å². The van der Waals surface area contributed by atoms with Crippen LogP contribution < -0.4 is 5.73 Å². The molecule has 1 aromatic carbocycles. The lowest BCUT2D eigenvalue weighted by molar-refractivity contribution is -0.0534. The van der Waals surface area contributed by atoms with Crippen molar-refractivity contribution in [3.63, 3.8) is 0 Å². The van der Waals surface area contributed by atoms with Gasteiger partial charge in [0.15, 0.2) is 0 Å². The van der Waals surface area contributed by atoms with Crippen LogP contribution in [0.5, 0.6) is 0 Å². The minimum Gasteiger partial charge on any atom is -0.370 e. The van der Waals surface area contributed by atoms with Crippen molar-refractivity contribution < 1.29 is 13.5 Å². The molecule has 0 saturated carbocycles. The second-order valence-electron chi connectivity index (χ2n) is 6.62. The van der Waals surface area contributed by atoms with Crippen molar-refractivity contribution in [1.29, 1.82) is 0 Å². The molecule has 4 rings (SSSR count). The first-order valence-corrected chi connectivity index (χ1v) is 8.09. The molecule has 7 heteroatoms. The van der Waals surface area contributed by atoms with E-state index < -0.39 is 17.7 Å². The number of nitrogens with two attached hydrogens (primary N) is 1. The van der Waals surface area contributed by atoms with Gasteiger partial charge in [-0.2, -0.15) is 5.10 Å². The van der Waals surface area contributed by atoms with Crippen LogP contribution in [0.4, 0.5) is 8.78 Å². The summed E-state index contributed by atoms with van der Waals surface area (Å²) >= 11 is 0. The van der Waals surface area contributed by atoms with Crippen molar-refractivity contribution in [3.05, 3.63) is 52.9 Å². The molecule has 0 amide bonds. The van der Waals surface area contributed by atoms with Crippen LogP contribution in [-0.4, -0.2) is 33.4 Å². The van der Waals surface area contributed by atoms with Gasteiger partial charge in [-0.3, -0.25) is 9.58 Å². The van der Waals surface area contributed by atoms with Gasteiger partial charge in [0.25, 0.3) is 0 Å². The van der Waals surface area contributed by atoms with Crippen LogP contribution in [0.15, 0.2) is 24.4 Å². The third-order valence-electron chi connectivity index (χ3n) is 5.06. The van der Waals surface area contributed by atoms with Crippen LogP contribution in [0.1, 0.15) is 29.3 Å². The average Bonchev–Trinajstić information content (AvgIpc) is 3.12. The van der Waals surface area contributed by atoms with Gasteiger partial charge in [-0.05, 0) is 24.6 Å². The standard InChI is InChI=1S/C17H20F2N4O/c1-22-16-8-23(7-10(16)6-21-22)12-5-15(20)17(24-9-12)13-4-11(18)2-3-14(13)19/h2-4,6,12,15,17H,5,7-9,20H2,1H3/t12-,15+,17-/m1/s1. The molecule has 2 N–H and O–H groups in total. The third kappa shape index (κ3) is 2.62. The van der Waals surface area contributed by atoms with Gasteiger partial charge in [0.1, 0.15) is 17.7 Å². The van der Waals surface area contributed by atoms with Gasteiger partial charge in [0.05, 0.1) is 18.5 Å². The van der Waals surface area contributed by atoms with E-state index in [0.717, 1.165) is 25.2 Å². The lowest BCUT2D eigenvalue weighted by atomic mass is 9.93. The Morgan fingerprint density at radius 3 is 2.88 bits per heavy atom. The van der Waals surface area contributed by atoms with Crippen molar-refractivity contribution in [2.75, 3.05) is 6.61 Å². The summed E-state index contributed by atoms with van der Waals surface area (Å²) in [5, 5.41) is 4.26. The molecule has 3 atom stereocenters. The molecule has 2 aliphatic heterocycles. The lowest BCUT2D eigenvalue weighted by Crippen LogP contribution is -2.47. The Bertz CT molecular complexity index is 763. The second-order valence-corrected chi connectivity index (χ2v) is 6.62. The highest BCUT2D eigenvalue weighted by atomic mass is 19.1. The minimum absolute atomic E-state index is 0.167. The smallest absolute Gasteiger partial charge is 0.129 e.